The molecule has 0 bridgehead atoms. The third-order valence-corrected chi connectivity index (χ3v) is 2.96. The minimum absolute atomic E-state index is 0.436. The second kappa shape index (κ2) is 5.01. The largest absolute Gasteiger partial charge is 0.501 e. The van der Waals surface area contributed by atoms with Gasteiger partial charge in [-0.3, -0.25) is 0 Å². The lowest BCUT2D eigenvalue weighted by Gasteiger charge is -2.30. The van der Waals surface area contributed by atoms with E-state index in [1.165, 1.54) is 4.90 Å². The molecule has 2 rings (SSSR count). The molecule has 0 radical (unpaired) electrons. The number of rotatable bonds is 3. The van der Waals surface area contributed by atoms with Gasteiger partial charge in [0.15, 0.2) is 5.71 Å². The van der Waals surface area contributed by atoms with Gasteiger partial charge in [-0.2, -0.15) is 0 Å². The van der Waals surface area contributed by atoms with E-state index in [2.05, 4.69) is 4.99 Å². The molecular formula is C13H14N2O4. The highest BCUT2D eigenvalue weighted by atomic mass is 16.4. The van der Waals surface area contributed by atoms with Crippen molar-refractivity contribution in [3.8, 4) is 0 Å². The van der Waals surface area contributed by atoms with Gasteiger partial charge in [0.25, 0.3) is 0 Å². The van der Waals surface area contributed by atoms with Gasteiger partial charge in [-0.1, -0.05) is 30.3 Å². The van der Waals surface area contributed by atoms with Crippen LogP contribution in [0.3, 0.4) is 0 Å². The highest BCUT2D eigenvalue weighted by Gasteiger charge is 2.31. The molecule has 1 aliphatic rings. The van der Waals surface area contributed by atoms with E-state index in [0.717, 1.165) is 5.56 Å². The van der Waals surface area contributed by atoms with Gasteiger partial charge in [0.2, 0.25) is 11.6 Å². The first-order chi connectivity index (χ1) is 9.00. The summed E-state index contributed by atoms with van der Waals surface area (Å²) in [4.78, 5) is 16.3. The zero-order chi connectivity index (χ0) is 14.0. The minimum Gasteiger partial charge on any atom is -0.501 e. The molecule has 1 heterocycles. The smallest absolute Gasteiger partial charge is 0.358 e. The highest BCUT2D eigenvalue weighted by molar-refractivity contribution is 6.42. The molecule has 1 aliphatic heterocycles. The van der Waals surface area contributed by atoms with Crippen LogP contribution in [-0.2, 0) is 11.2 Å². The van der Waals surface area contributed by atoms with E-state index < -0.39 is 29.5 Å². The van der Waals surface area contributed by atoms with E-state index in [0.29, 0.717) is 6.42 Å². The Balaban J connectivity index is 2.29. The number of likely N-dealkylation sites (N-methyl/N-ethyl adjacent to an activating group) is 1. The fourth-order valence-corrected chi connectivity index (χ4v) is 1.87. The molecule has 1 unspecified atom stereocenters. The molecular weight excluding hydrogens is 248 g/mol. The third kappa shape index (κ3) is 2.52. The third-order valence-electron chi connectivity index (χ3n) is 2.96. The van der Waals surface area contributed by atoms with Crippen molar-refractivity contribution < 1.29 is 20.1 Å². The molecule has 3 N–H and O–H groups in total. The van der Waals surface area contributed by atoms with Crippen molar-refractivity contribution in [1.29, 1.82) is 0 Å². The van der Waals surface area contributed by atoms with Crippen LogP contribution < -0.4 is 0 Å². The molecule has 0 saturated carbocycles. The number of carboxylic acids is 1. The fraction of sp³-hybridized carbons (Fsp3) is 0.231. The highest BCUT2D eigenvalue weighted by Crippen LogP contribution is 2.20. The number of carbonyl (C=O) groups is 1. The van der Waals surface area contributed by atoms with Crippen molar-refractivity contribution in [3.05, 3.63) is 47.5 Å². The Hall–Kier alpha value is -2.50. The summed E-state index contributed by atoms with van der Waals surface area (Å²) in [5.41, 5.74) is 0.443. The van der Waals surface area contributed by atoms with Crippen molar-refractivity contribution >= 4 is 11.7 Å². The number of hydrogen-bond donors (Lipinski definition) is 3. The van der Waals surface area contributed by atoms with Gasteiger partial charge in [-0.25, -0.2) is 9.79 Å². The molecule has 19 heavy (non-hydrogen) atoms. The molecule has 0 amide bonds. The van der Waals surface area contributed by atoms with Crippen molar-refractivity contribution in [3.63, 3.8) is 0 Å². The molecule has 1 aromatic rings. The molecule has 1 atom stereocenters. The molecule has 0 spiro atoms. The molecule has 6 nitrogen and oxygen atoms in total. The average Bonchev–Trinajstić information content (AvgIpc) is 2.40. The monoisotopic (exact) mass is 262 g/mol. The summed E-state index contributed by atoms with van der Waals surface area (Å²) in [5.74, 6) is -2.55. The van der Waals surface area contributed by atoms with Gasteiger partial charge in [0, 0.05) is 13.5 Å². The standard InChI is InChI=1S/C13H14N2O4/c1-15-9(7-8-5-3-2-4-6-8)14-10(13(18)19)11(16)12(15)17/h2-6,9,16-17H,7H2,1H3,(H,18,19). The van der Waals surface area contributed by atoms with Gasteiger partial charge in [0.1, 0.15) is 6.17 Å². The Morgan fingerprint density at radius 2 is 1.95 bits per heavy atom. The van der Waals surface area contributed by atoms with Crippen LogP contribution in [0.4, 0.5) is 0 Å². The van der Waals surface area contributed by atoms with Crippen LogP contribution in [-0.4, -0.2) is 45.1 Å². The van der Waals surface area contributed by atoms with Crippen LogP contribution in [0.2, 0.25) is 0 Å². The number of benzene rings is 1. The summed E-state index contributed by atoms with van der Waals surface area (Å²) >= 11 is 0. The second-order valence-corrected chi connectivity index (χ2v) is 4.24. The average molecular weight is 262 g/mol. The van der Waals surface area contributed by atoms with Crippen molar-refractivity contribution in [1.82, 2.24) is 4.90 Å². The van der Waals surface area contributed by atoms with Crippen molar-refractivity contribution in [2.75, 3.05) is 7.05 Å². The van der Waals surface area contributed by atoms with Crippen LogP contribution in [0.15, 0.2) is 47.0 Å². The lowest BCUT2D eigenvalue weighted by Crippen LogP contribution is -2.39. The van der Waals surface area contributed by atoms with E-state index >= 15 is 0 Å². The van der Waals surface area contributed by atoms with Gasteiger partial charge in [-0.05, 0) is 5.56 Å². The van der Waals surface area contributed by atoms with Crippen LogP contribution in [0, 0.1) is 0 Å². The van der Waals surface area contributed by atoms with E-state index in [9.17, 15) is 15.0 Å². The number of nitrogens with zero attached hydrogens (tertiary/aromatic N) is 2. The first kappa shape index (κ1) is 12.9. The Bertz CT molecular complexity index is 551. The van der Waals surface area contributed by atoms with Gasteiger partial charge in [-0.15, -0.1) is 0 Å². The van der Waals surface area contributed by atoms with E-state index in [1.54, 1.807) is 7.05 Å². The number of aliphatic carboxylic acids is 1. The second-order valence-electron chi connectivity index (χ2n) is 4.24. The first-order valence-corrected chi connectivity index (χ1v) is 5.71. The fourth-order valence-electron chi connectivity index (χ4n) is 1.87. The maximum atomic E-state index is 11.0. The van der Waals surface area contributed by atoms with Crippen LogP contribution in [0.1, 0.15) is 5.56 Å². The summed E-state index contributed by atoms with van der Waals surface area (Å²) < 4.78 is 0. The van der Waals surface area contributed by atoms with E-state index in [1.807, 2.05) is 30.3 Å². The van der Waals surface area contributed by atoms with Gasteiger partial charge >= 0.3 is 5.97 Å². The summed E-state index contributed by atoms with van der Waals surface area (Å²) in [5, 5.41) is 28.2. The summed E-state index contributed by atoms with van der Waals surface area (Å²) in [6.45, 7) is 0. The zero-order valence-corrected chi connectivity index (χ0v) is 10.3. The summed E-state index contributed by atoms with van der Waals surface area (Å²) in [6.07, 6.45) is -0.129. The van der Waals surface area contributed by atoms with Gasteiger partial charge < -0.3 is 20.2 Å². The van der Waals surface area contributed by atoms with Crippen molar-refractivity contribution in [2.45, 2.75) is 12.6 Å². The number of aliphatic imine (C=N–C) groups is 1. The molecule has 6 heteroatoms. The maximum Gasteiger partial charge on any atom is 0.358 e. The predicted octanol–water partition coefficient (Wildman–Crippen LogP) is 1.31. The number of aliphatic hydroxyl groups is 2. The Labute approximate surface area is 109 Å². The van der Waals surface area contributed by atoms with Crippen LogP contribution in [0.25, 0.3) is 0 Å². The SMILES string of the molecule is CN1C(O)=C(O)C(C(=O)O)=NC1Cc1ccccc1. The topological polar surface area (TPSA) is 93.4 Å². The van der Waals surface area contributed by atoms with Gasteiger partial charge in [0.05, 0.1) is 0 Å². The normalized spacial score (nSPS) is 19.3. The Kier molecular flexibility index (Phi) is 3.41. The lowest BCUT2D eigenvalue weighted by atomic mass is 10.1. The summed E-state index contributed by atoms with van der Waals surface area (Å²) in [7, 11) is 1.54. The Morgan fingerprint density at radius 3 is 2.53 bits per heavy atom. The number of carboxylic acid groups (broad SMARTS) is 1. The van der Waals surface area contributed by atoms with Crippen LogP contribution in [0.5, 0.6) is 0 Å². The van der Waals surface area contributed by atoms with E-state index in [4.69, 9.17) is 5.11 Å². The van der Waals surface area contributed by atoms with E-state index in [-0.39, 0.29) is 0 Å². The zero-order valence-electron chi connectivity index (χ0n) is 10.3. The molecule has 0 aliphatic carbocycles. The summed E-state index contributed by atoms with van der Waals surface area (Å²) in [6, 6.07) is 9.39. The van der Waals surface area contributed by atoms with Crippen molar-refractivity contribution in [2.24, 2.45) is 4.99 Å². The molecule has 0 aromatic heterocycles. The maximum absolute atomic E-state index is 11.0. The molecule has 1 aromatic carbocycles. The quantitative estimate of drug-likeness (QED) is 0.763. The number of aliphatic hydroxyl groups excluding tert-OH is 2. The lowest BCUT2D eigenvalue weighted by molar-refractivity contribution is -0.129. The Morgan fingerprint density at radius 1 is 1.32 bits per heavy atom. The predicted molar refractivity (Wildman–Crippen MR) is 69.1 cm³/mol. The first-order valence-electron chi connectivity index (χ1n) is 5.71. The molecule has 0 saturated heterocycles. The molecule has 0 fully saturated rings. The number of hydrogen-bond acceptors (Lipinski definition) is 5. The van der Waals surface area contributed by atoms with Crippen LogP contribution >= 0.6 is 0 Å². The minimum atomic E-state index is -1.37. The molecule has 100 valence electrons.